The molecule has 1 aliphatic rings. The Balaban J connectivity index is 1.61. The lowest BCUT2D eigenvalue weighted by molar-refractivity contribution is 0.0945. The van der Waals surface area contributed by atoms with Gasteiger partial charge in [-0.25, -0.2) is 13.4 Å². The maximum absolute atomic E-state index is 13.1. The standard InChI is InChI=1S/C23H21ClN6O4S2/c1-34-20-7-4-16(12-21(20)36(32,33)29-27-22(31)15-8-10-26-11-9-15)18-13-19(30(28-18)23(25)35)14-2-5-17(24)6-3-14/h2-12,19,29H,13H2,1H3,(H2,25,35)(H,27,31). The number of aromatic nitrogens is 1. The van der Waals surface area contributed by atoms with Crippen molar-refractivity contribution in [2.24, 2.45) is 10.8 Å². The number of amides is 1. The second kappa shape index (κ2) is 10.6. The number of thiocarbonyl (C=S) groups is 1. The first-order valence-corrected chi connectivity index (χ1v) is 12.8. The second-order valence-electron chi connectivity index (χ2n) is 7.66. The van der Waals surface area contributed by atoms with Crippen molar-refractivity contribution in [1.29, 1.82) is 0 Å². The van der Waals surface area contributed by atoms with Crippen molar-refractivity contribution in [2.75, 3.05) is 7.11 Å². The van der Waals surface area contributed by atoms with E-state index in [0.29, 0.717) is 22.7 Å². The van der Waals surface area contributed by atoms with E-state index in [0.717, 1.165) is 5.56 Å². The summed E-state index contributed by atoms with van der Waals surface area (Å²) in [6, 6.07) is 14.5. The van der Waals surface area contributed by atoms with E-state index in [-0.39, 0.29) is 27.4 Å². The van der Waals surface area contributed by atoms with Crippen LogP contribution in [0.15, 0.2) is 77.0 Å². The lowest BCUT2D eigenvalue weighted by atomic mass is 9.98. The third-order valence-electron chi connectivity index (χ3n) is 5.42. The molecule has 2 aromatic carbocycles. The van der Waals surface area contributed by atoms with Crippen LogP contribution in [0.2, 0.25) is 5.02 Å². The Morgan fingerprint density at radius 2 is 1.86 bits per heavy atom. The highest BCUT2D eigenvalue weighted by Crippen LogP contribution is 2.34. The molecule has 0 spiro atoms. The van der Waals surface area contributed by atoms with Crippen molar-refractivity contribution in [3.63, 3.8) is 0 Å². The Morgan fingerprint density at radius 3 is 2.50 bits per heavy atom. The van der Waals surface area contributed by atoms with Crippen LogP contribution in [-0.4, -0.2) is 42.3 Å². The van der Waals surface area contributed by atoms with Crippen LogP contribution in [0.4, 0.5) is 0 Å². The molecule has 0 bridgehead atoms. The molecule has 2 heterocycles. The van der Waals surface area contributed by atoms with Crippen LogP contribution in [0.5, 0.6) is 5.75 Å². The highest BCUT2D eigenvalue weighted by molar-refractivity contribution is 7.89. The number of nitrogens with two attached hydrogens (primary N) is 1. The van der Waals surface area contributed by atoms with Crippen molar-refractivity contribution in [3.05, 3.63) is 88.7 Å². The molecular weight excluding hydrogens is 524 g/mol. The Kier molecular flexibility index (Phi) is 7.50. The third kappa shape index (κ3) is 5.46. The zero-order valence-corrected chi connectivity index (χ0v) is 21.3. The molecular formula is C23H21ClN6O4S2. The van der Waals surface area contributed by atoms with Crippen molar-refractivity contribution in [2.45, 2.75) is 17.4 Å². The number of methoxy groups -OCH3 is 1. The summed E-state index contributed by atoms with van der Waals surface area (Å²) in [7, 11) is -2.87. The number of hydrogen-bond acceptors (Lipinski definition) is 7. The van der Waals surface area contributed by atoms with Gasteiger partial charge in [-0.05, 0) is 65.8 Å². The third-order valence-corrected chi connectivity index (χ3v) is 7.13. The Morgan fingerprint density at radius 1 is 1.17 bits per heavy atom. The van der Waals surface area contributed by atoms with Crippen LogP contribution in [-0.2, 0) is 10.0 Å². The molecule has 10 nitrogen and oxygen atoms in total. The number of rotatable bonds is 7. The van der Waals surface area contributed by atoms with E-state index >= 15 is 0 Å². The second-order valence-corrected chi connectivity index (χ2v) is 10.2. The summed E-state index contributed by atoms with van der Waals surface area (Å²) in [5.74, 6) is -0.558. The Bertz CT molecular complexity index is 1430. The first-order valence-electron chi connectivity index (χ1n) is 10.5. The fraction of sp³-hybridized carbons (Fsp3) is 0.130. The molecule has 0 aliphatic carbocycles. The SMILES string of the molecule is COc1ccc(C2=NN(C(N)=S)C(c3ccc(Cl)cc3)C2)cc1S(=O)(=O)NNC(=O)c1ccncc1. The highest BCUT2D eigenvalue weighted by Gasteiger charge is 2.31. The molecule has 1 aliphatic heterocycles. The summed E-state index contributed by atoms with van der Waals surface area (Å²) < 4.78 is 31.4. The van der Waals surface area contributed by atoms with Gasteiger partial charge in [-0.3, -0.25) is 15.2 Å². The number of halogens is 1. The number of hydrazone groups is 1. The number of ether oxygens (including phenoxy) is 1. The Labute approximate surface area is 218 Å². The first-order chi connectivity index (χ1) is 17.2. The van der Waals surface area contributed by atoms with Crippen molar-refractivity contribution >= 4 is 50.6 Å². The zero-order chi connectivity index (χ0) is 25.9. The largest absolute Gasteiger partial charge is 0.495 e. The minimum absolute atomic E-state index is 0.0757. The van der Waals surface area contributed by atoms with E-state index in [4.69, 9.17) is 34.3 Å². The van der Waals surface area contributed by atoms with E-state index in [1.807, 2.05) is 12.1 Å². The summed E-state index contributed by atoms with van der Waals surface area (Å²) >= 11 is 11.2. The minimum Gasteiger partial charge on any atom is -0.495 e. The average Bonchev–Trinajstić information content (AvgIpc) is 3.34. The van der Waals surface area contributed by atoms with Gasteiger partial charge >= 0.3 is 0 Å². The van der Waals surface area contributed by atoms with Gasteiger partial charge in [0.1, 0.15) is 10.6 Å². The lowest BCUT2D eigenvalue weighted by Crippen LogP contribution is -2.41. The van der Waals surface area contributed by atoms with Crippen LogP contribution >= 0.6 is 23.8 Å². The van der Waals surface area contributed by atoms with Gasteiger partial charge in [0.2, 0.25) is 0 Å². The van der Waals surface area contributed by atoms with E-state index in [2.05, 4.69) is 20.3 Å². The minimum atomic E-state index is -4.21. The van der Waals surface area contributed by atoms with Crippen LogP contribution in [0.3, 0.4) is 0 Å². The normalized spacial score (nSPS) is 15.3. The number of benzene rings is 2. The Hall–Kier alpha value is -3.58. The molecule has 1 aromatic heterocycles. The summed E-state index contributed by atoms with van der Waals surface area (Å²) in [6.45, 7) is 0. The molecule has 4 N–H and O–H groups in total. The van der Waals surface area contributed by atoms with Crippen LogP contribution in [0.25, 0.3) is 0 Å². The number of pyridine rings is 1. The van der Waals surface area contributed by atoms with Gasteiger partial charge in [0.25, 0.3) is 15.9 Å². The van der Waals surface area contributed by atoms with E-state index < -0.39 is 15.9 Å². The zero-order valence-electron chi connectivity index (χ0n) is 18.9. The van der Waals surface area contributed by atoms with Crippen LogP contribution in [0.1, 0.15) is 33.9 Å². The molecule has 0 radical (unpaired) electrons. The van der Waals surface area contributed by atoms with Gasteiger partial charge in [-0.2, -0.15) is 5.10 Å². The topological polar surface area (TPSA) is 139 Å². The van der Waals surface area contributed by atoms with Crippen molar-refractivity contribution in [1.82, 2.24) is 20.2 Å². The number of carbonyl (C=O) groups is 1. The van der Waals surface area contributed by atoms with Gasteiger partial charge in [-0.15, -0.1) is 4.83 Å². The monoisotopic (exact) mass is 544 g/mol. The van der Waals surface area contributed by atoms with Gasteiger partial charge in [0, 0.05) is 29.4 Å². The van der Waals surface area contributed by atoms with Gasteiger partial charge in [0.15, 0.2) is 5.11 Å². The molecule has 1 atom stereocenters. The molecule has 0 saturated carbocycles. The number of hydrogen-bond donors (Lipinski definition) is 3. The summed E-state index contributed by atoms with van der Waals surface area (Å²) in [5, 5.41) is 6.73. The fourth-order valence-corrected chi connectivity index (χ4v) is 4.97. The number of nitrogens with zero attached hydrogens (tertiary/aromatic N) is 3. The molecule has 4 rings (SSSR count). The quantitative estimate of drug-likeness (QED) is 0.305. The maximum atomic E-state index is 13.1. The van der Waals surface area contributed by atoms with E-state index in [9.17, 15) is 13.2 Å². The molecule has 186 valence electrons. The number of sulfonamides is 1. The summed E-state index contributed by atoms with van der Waals surface area (Å²) in [6.07, 6.45) is 3.26. The van der Waals surface area contributed by atoms with Gasteiger partial charge < -0.3 is 10.5 Å². The van der Waals surface area contributed by atoms with Gasteiger partial charge in [0.05, 0.1) is 18.9 Å². The summed E-state index contributed by atoms with van der Waals surface area (Å²) in [4.78, 5) is 18.0. The fourth-order valence-electron chi connectivity index (χ4n) is 3.64. The molecule has 1 unspecified atom stereocenters. The molecule has 36 heavy (non-hydrogen) atoms. The smallest absolute Gasteiger partial charge is 0.266 e. The van der Waals surface area contributed by atoms with Gasteiger partial charge in [-0.1, -0.05) is 23.7 Å². The highest BCUT2D eigenvalue weighted by atomic mass is 35.5. The molecule has 3 aromatic rings. The van der Waals surface area contributed by atoms with Crippen LogP contribution in [0, 0.1) is 0 Å². The molecule has 0 fully saturated rings. The van der Waals surface area contributed by atoms with Crippen LogP contribution < -0.4 is 20.7 Å². The lowest BCUT2D eigenvalue weighted by Gasteiger charge is -2.21. The van der Waals surface area contributed by atoms with E-state index in [1.54, 1.807) is 18.2 Å². The average molecular weight is 545 g/mol. The molecule has 1 amide bonds. The van der Waals surface area contributed by atoms with E-state index in [1.165, 1.54) is 48.8 Å². The molecule has 0 saturated heterocycles. The number of nitrogens with one attached hydrogen (secondary N) is 2. The summed E-state index contributed by atoms with van der Waals surface area (Å²) in [5.41, 5.74) is 10.3. The predicted molar refractivity (Wildman–Crippen MR) is 139 cm³/mol. The maximum Gasteiger partial charge on any atom is 0.266 e. The number of carbonyl (C=O) groups excluding carboxylic acids is 1. The number of hydrazine groups is 1. The first kappa shape index (κ1) is 25.5. The predicted octanol–water partition coefficient (Wildman–Crippen LogP) is 2.76. The molecule has 13 heteroatoms. The van der Waals surface area contributed by atoms with Crippen molar-refractivity contribution in [3.8, 4) is 5.75 Å². The van der Waals surface area contributed by atoms with Crippen molar-refractivity contribution < 1.29 is 17.9 Å².